The number of nitrogen functional groups attached to an aromatic ring is 1. The maximum Gasteiger partial charge on any atom is 0.124 e. The normalized spacial score (nSPS) is 10.4. The van der Waals surface area contributed by atoms with Crippen molar-refractivity contribution in [3.05, 3.63) is 48.2 Å². The van der Waals surface area contributed by atoms with Crippen LogP contribution < -0.4 is 5.73 Å². The summed E-state index contributed by atoms with van der Waals surface area (Å²) in [5.41, 5.74) is 9.19. The topological polar surface area (TPSA) is 64.7 Å². The van der Waals surface area contributed by atoms with E-state index < -0.39 is 0 Å². The number of nitrogens with two attached hydrogens (primary N) is 1. The van der Waals surface area contributed by atoms with Crippen LogP contribution in [0.15, 0.2) is 48.2 Å². The molecule has 2 aromatic heterocycles. The molecule has 0 atom stereocenters. The summed E-state index contributed by atoms with van der Waals surface area (Å²) in [5.74, 6) is 0. The molecule has 0 aliphatic rings. The minimum absolute atomic E-state index is 0.756. The van der Waals surface area contributed by atoms with Gasteiger partial charge in [-0.3, -0.25) is 0 Å². The summed E-state index contributed by atoms with van der Waals surface area (Å²) in [4.78, 5) is 12.6. The molecule has 0 aliphatic carbocycles. The highest BCUT2D eigenvalue weighted by molar-refractivity contribution is 7.13. The van der Waals surface area contributed by atoms with Crippen LogP contribution in [0.2, 0.25) is 0 Å². The number of hydrogen-bond acceptors (Lipinski definition) is 5. The SMILES string of the molecule is Nc1ccc(-c2nc(-c3ccncn3)cs2)cc1. The molecule has 0 bridgehead atoms. The lowest BCUT2D eigenvalue weighted by atomic mass is 10.2. The molecule has 0 spiro atoms. The van der Waals surface area contributed by atoms with Crippen molar-refractivity contribution in [3.8, 4) is 22.0 Å². The van der Waals surface area contributed by atoms with E-state index in [2.05, 4.69) is 15.0 Å². The lowest BCUT2D eigenvalue weighted by Gasteiger charge is -1.97. The molecule has 0 amide bonds. The molecule has 0 aliphatic heterocycles. The number of rotatable bonds is 2. The molecule has 18 heavy (non-hydrogen) atoms. The van der Waals surface area contributed by atoms with Crippen molar-refractivity contribution >= 4 is 17.0 Å². The molecular formula is C13H10N4S. The van der Waals surface area contributed by atoms with Crippen LogP contribution in [0, 0.1) is 0 Å². The fourth-order valence-electron chi connectivity index (χ4n) is 1.59. The molecule has 3 rings (SSSR count). The van der Waals surface area contributed by atoms with Gasteiger partial charge in [0.15, 0.2) is 0 Å². The molecule has 1 aromatic carbocycles. The molecule has 0 saturated heterocycles. The van der Waals surface area contributed by atoms with Crippen LogP contribution in [0.3, 0.4) is 0 Å². The van der Waals surface area contributed by atoms with Gasteiger partial charge in [0.1, 0.15) is 17.0 Å². The number of hydrogen-bond donors (Lipinski definition) is 1. The highest BCUT2D eigenvalue weighted by atomic mass is 32.1. The highest BCUT2D eigenvalue weighted by Crippen LogP contribution is 2.28. The molecule has 2 N–H and O–H groups in total. The van der Waals surface area contributed by atoms with Gasteiger partial charge in [0.2, 0.25) is 0 Å². The van der Waals surface area contributed by atoms with Gasteiger partial charge < -0.3 is 5.73 Å². The van der Waals surface area contributed by atoms with Crippen LogP contribution in [0.1, 0.15) is 0 Å². The van der Waals surface area contributed by atoms with E-state index in [1.165, 1.54) is 6.33 Å². The van der Waals surface area contributed by atoms with Gasteiger partial charge in [-0.25, -0.2) is 15.0 Å². The second-order valence-electron chi connectivity index (χ2n) is 3.75. The van der Waals surface area contributed by atoms with Gasteiger partial charge in [-0.15, -0.1) is 11.3 Å². The van der Waals surface area contributed by atoms with Gasteiger partial charge in [0.25, 0.3) is 0 Å². The van der Waals surface area contributed by atoms with E-state index >= 15 is 0 Å². The average molecular weight is 254 g/mol. The van der Waals surface area contributed by atoms with Crippen LogP contribution in [-0.4, -0.2) is 15.0 Å². The smallest absolute Gasteiger partial charge is 0.124 e. The molecule has 0 radical (unpaired) electrons. The van der Waals surface area contributed by atoms with E-state index in [1.807, 2.05) is 35.7 Å². The van der Waals surface area contributed by atoms with Gasteiger partial charge in [0.05, 0.1) is 5.69 Å². The van der Waals surface area contributed by atoms with Crippen LogP contribution in [0.4, 0.5) is 5.69 Å². The molecule has 3 aromatic rings. The number of benzene rings is 1. The Kier molecular flexibility index (Phi) is 2.74. The summed E-state index contributed by atoms with van der Waals surface area (Å²) in [6, 6.07) is 9.54. The van der Waals surface area contributed by atoms with Crippen LogP contribution in [-0.2, 0) is 0 Å². The quantitative estimate of drug-likeness (QED) is 0.714. The van der Waals surface area contributed by atoms with E-state index in [9.17, 15) is 0 Å². The van der Waals surface area contributed by atoms with E-state index in [-0.39, 0.29) is 0 Å². The van der Waals surface area contributed by atoms with Crippen LogP contribution >= 0.6 is 11.3 Å². The van der Waals surface area contributed by atoms with E-state index in [1.54, 1.807) is 17.5 Å². The standard InChI is InChI=1S/C13H10N4S/c14-10-3-1-9(2-4-10)13-17-12(7-18-13)11-5-6-15-8-16-11/h1-8H,14H2. The fourth-order valence-corrected chi connectivity index (χ4v) is 2.41. The van der Waals surface area contributed by atoms with Crippen molar-refractivity contribution in [2.45, 2.75) is 0 Å². The predicted molar refractivity (Wildman–Crippen MR) is 73.0 cm³/mol. The Morgan fingerprint density at radius 3 is 2.56 bits per heavy atom. The van der Waals surface area contributed by atoms with Gasteiger partial charge in [-0.05, 0) is 30.3 Å². The zero-order valence-electron chi connectivity index (χ0n) is 9.45. The molecule has 5 heteroatoms. The summed E-state index contributed by atoms with van der Waals surface area (Å²) in [6.45, 7) is 0. The van der Waals surface area contributed by atoms with Gasteiger partial charge in [-0.1, -0.05) is 0 Å². The predicted octanol–water partition coefficient (Wildman–Crippen LogP) is 2.85. The number of thiazole rings is 1. The summed E-state index contributed by atoms with van der Waals surface area (Å²) in [6.07, 6.45) is 3.24. The van der Waals surface area contributed by atoms with E-state index in [4.69, 9.17) is 5.73 Å². The third-order valence-electron chi connectivity index (χ3n) is 2.51. The van der Waals surface area contributed by atoms with Crippen LogP contribution in [0.5, 0.6) is 0 Å². The summed E-state index contributed by atoms with van der Waals surface area (Å²) >= 11 is 1.59. The molecule has 4 nitrogen and oxygen atoms in total. The highest BCUT2D eigenvalue weighted by Gasteiger charge is 2.06. The van der Waals surface area contributed by atoms with Crippen molar-refractivity contribution < 1.29 is 0 Å². The number of anilines is 1. The monoisotopic (exact) mass is 254 g/mol. The molecule has 0 fully saturated rings. The minimum atomic E-state index is 0.756. The van der Waals surface area contributed by atoms with E-state index in [0.717, 1.165) is 27.6 Å². The fraction of sp³-hybridized carbons (Fsp3) is 0. The summed E-state index contributed by atoms with van der Waals surface area (Å²) in [7, 11) is 0. The molecule has 88 valence electrons. The summed E-state index contributed by atoms with van der Waals surface area (Å²) in [5, 5.41) is 2.96. The maximum absolute atomic E-state index is 5.67. The second-order valence-corrected chi connectivity index (χ2v) is 4.61. The van der Waals surface area contributed by atoms with Crippen LogP contribution in [0.25, 0.3) is 22.0 Å². The Morgan fingerprint density at radius 2 is 1.83 bits per heavy atom. The van der Waals surface area contributed by atoms with Crippen molar-refractivity contribution in [3.63, 3.8) is 0 Å². The Hall–Kier alpha value is -2.27. The molecule has 2 heterocycles. The first kappa shape index (κ1) is 10.9. The zero-order valence-corrected chi connectivity index (χ0v) is 10.3. The number of nitrogens with zero attached hydrogens (tertiary/aromatic N) is 3. The first-order valence-electron chi connectivity index (χ1n) is 5.41. The van der Waals surface area contributed by atoms with Gasteiger partial charge >= 0.3 is 0 Å². The minimum Gasteiger partial charge on any atom is -0.399 e. The number of aromatic nitrogens is 3. The average Bonchev–Trinajstić information content (AvgIpc) is 2.90. The lowest BCUT2D eigenvalue weighted by molar-refractivity contribution is 1.16. The maximum atomic E-state index is 5.67. The Bertz CT molecular complexity index is 646. The van der Waals surface area contributed by atoms with Crippen molar-refractivity contribution in [2.24, 2.45) is 0 Å². The lowest BCUT2D eigenvalue weighted by Crippen LogP contribution is -1.85. The van der Waals surface area contributed by atoms with Crippen molar-refractivity contribution in [2.75, 3.05) is 5.73 Å². The molecular weight excluding hydrogens is 244 g/mol. The Labute approximate surface area is 108 Å². The molecule has 0 unspecified atom stereocenters. The third kappa shape index (κ3) is 2.08. The second kappa shape index (κ2) is 4.54. The van der Waals surface area contributed by atoms with Gasteiger partial charge in [0, 0.05) is 22.8 Å². The summed E-state index contributed by atoms with van der Waals surface area (Å²) < 4.78 is 0. The van der Waals surface area contributed by atoms with Crippen molar-refractivity contribution in [1.29, 1.82) is 0 Å². The largest absolute Gasteiger partial charge is 0.399 e. The van der Waals surface area contributed by atoms with E-state index in [0.29, 0.717) is 0 Å². The Morgan fingerprint density at radius 1 is 1.00 bits per heavy atom. The van der Waals surface area contributed by atoms with Crippen molar-refractivity contribution in [1.82, 2.24) is 15.0 Å². The molecule has 0 saturated carbocycles. The first-order chi connectivity index (χ1) is 8.83. The first-order valence-corrected chi connectivity index (χ1v) is 6.29. The van der Waals surface area contributed by atoms with Gasteiger partial charge in [-0.2, -0.15) is 0 Å². The third-order valence-corrected chi connectivity index (χ3v) is 3.40. The zero-order chi connectivity index (χ0) is 12.4. The Balaban J connectivity index is 1.97.